The lowest BCUT2D eigenvalue weighted by molar-refractivity contribution is 0.229. The molecule has 0 aromatic heterocycles. The van der Waals surface area contributed by atoms with Crippen molar-refractivity contribution in [1.82, 2.24) is 10.2 Å². The number of nitrogens with zero attached hydrogens (tertiary/aromatic N) is 2. The van der Waals surface area contributed by atoms with E-state index in [4.69, 9.17) is 0 Å². The van der Waals surface area contributed by atoms with Gasteiger partial charge in [0.2, 0.25) is 0 Å². The second kappa shape index (κ2) is 4.31. The van der Waals surface area contributed by atoms with Crippen molar-refractivity contribution >= 4 is 16.9 Å². The van der Waals surface area contributed by atoms with E-state index in [-0.39, 0.29) is 0 Å². The van der Waals surface area contributed by atoms with E-state index in [1.807, 2.05) is 12.5 Å². The minimum Gasteiger partial charge on any atom is -0.352 e. The highest BCUT2D eigenvalue weighted by molar-refractivity contribution is 8.13. The van der Waals surface area contributed by atoms with Crippen LogP contribution < -0.4 is 5.32 Å². The first-order chi connectivity index (χ1) is 7.22. The van der Waals surface area contributed by atoms with Crippen molar-refractivity contribution < 1.29 is 0 Å². The fourth-order valence-corrected chi connectivity index (χ4v) is 2.26. The van der Waals surface area contributed by atoms with Crippen LogP contribution >= 0.6 is 11.8 Å². The summed E-state index contributed by atoms with van der Waals surface area (Å²) >= 11 is 1.66. The van der Waals surface area contributed by atoms with Crippen molar-refractivity contribution in [1.29, 1.82) is 0 Å². The molecular formula is C11H17N3S. The minimum atomic E-state index is 0.301. The average molecular weight is 223 g/mol. The first-order valence-electron chi connectivity index (χ1n) is 5.23. The number of hydrogen-bond acceptors (Lipinski definition) is 4. The Labute approximate surface area is 95.3 Å². The number of fused-ring (bicyclic) bond motifs is 1. The molecule has 1 atom stereocenters. The van der Waals surface area contributed by atoms with Gasteiger partial charge in [0.15, 0.2) is 5.17 Å². The van der Waals surface area contributed by atoms with E-state index in [0.29, 0.717) is 12.2 Å². The smallest absolute Gasteiger partial charge is 0.162 e. The summed E-state index contributed by atoms with van der Waals surface area (Å²) in [5.74, 6) is 0. The Morgan fingerprint density at radius 1 is 1.60 bits per heavy atom. The summed E-state index contributed by atoms with van der Waals surface area (Å²) < 4.78 is 0. The lowest BCUT2D eigenvalue weighted by Gasteiger charge is -2.40. The van der Waals surface area contributed by atoms with Crippen LogP contribution in [0.4, 0.5) is 0 Å². The number of thioether (sulfide) groups is 1. The largest absolute Gasteiger partial charge is 0.352 e. The van der Waals surface area contributed by atoms with Gasteiger partial charge >= 0.3 is 0 Å². The Morgan fingerprint density at radius 3 is 3.07 bits per heavy atom. The highest BCUT2D eigenvalue weighted by Gasteiger charge is 2.27. The molecule has 0 saturated heterocycles. The van der Waals surface area contributed by atoms with Crippen LogP contribution in [0.3, 0.4) is 0 Å². The molecule has 0 aliphatic carbocycles. The zero-order valence-electron chi connectivity index (χ0n) is 9.40. The van der Waals surface area contributed by atoms with Crippen LogP contribution in [-0.2, 0) is 0 Å². The molecule has 0 bridgehead atoms. The maximum atomic E-state index is 4.37. The molecule has 0 amide bonds. The van der Waals surface area contributed by atoms with Gasteiger partial charge in [-0.3, -0.25) is 0 Å². The molecule has 2 rings (SSSR count). The first kappa shape index (κ1) is 10.6. The normalized spacial score (nSPS) is 24.5. The van der Waals surface area contributed by atoms with E-state index in [1.54, 1.807) is 11.8 Å². The standard InChI is InChI=1S/C11H17N3S/c1-8(2)14-6-4-5-9-7-12-11(15-3)13-10(9)14/h4,6-8,10H,5H2,1-3H3,(H,12,13). The predicted octanol–water partition coefficient (Wildman–Crippen LogP) is 2.15. The number of amidine groups is 1. The van der Waals surface area contributed by atoms with Crippen LogP contribution in [-0.4, -0.2) is 28.5 Å². The summed E-state index contributed by atoms with van der Waals surface area (Å²) in [6, 6.07) is 0.503. The second-order valence-electron chi connectivity index (χ2n) is 4.02. The molecule has 0 spiro atoms. The van der Waals surface area contributed by atoms with Gasteiger partial charge in [0, 0.05) is 12.2 Å². The van der Waals surface area contributed by atoms with Gasteiger partial charge in [-0.25, -0.2) is 4.99 Å². The fourth-order valence-electron chi connectivity index (χ4n) is 1.87. The summed E-state index contributed by atoms with van der Waals surface area (Å²) in [7, 11) is 0. The lowest BCUT2D eigenvalue weighted by atomic mass is 10.0. The predicted molar refractivity (Wildman–Crippen MR) is 66.7 cm³/mol. The molecule has 0 fully saturated rings. The first-order valence-corrected chi connectivity index (χ1v) is 6.46. The number of allylic oxidation sites excluding steroid dienone is 1. The third-order valence-electron chi connectivity index (χ3n) is 2.68. The Kier molecular flexibility index (Phi) is 3.05. The zero-order valence-corrected chi connectivity index (χ0v) is 10.2. The monoisotopic (exact) mass is 223 g/mol. The fraction of sp³-hybridized carbons (Fsp3) is 0.545. The van der Waals surface area contributed by atoms with Crippen LogP contribution in [0.25, 0.3) is 0 Å². The Balaban J connectivity index is 2.22. The molecule has 3 nitrogen and oxygen atoms in total. The van der Waals surface area contributed by atoms with Gasteiger partial charge in [0.05, 0.1) is 0 Å². The molecule has 15 heavy (non-hydrogen) atoms. The van der Waals surface area contributed by atoms with E-state index >= 15 is 0 Å². The molecule has 82 valence electrons. The highest BCUT2D eigenvalue weighted by Crippen LogP contribution is 2.24. The summed E-state index contributed by atoms with van der Waals surface area (Å²) in [4.78, 5) is 6.71. The molecule has 4 heteroatoms. The van der Waals surface area contributed by atoms with Gasteiger partial charge in [0.25, 0.3) is 0 Å². The number of hydrogen-bond donors (Lipinski definition) is 1. The molecule has 1 N–H and O–H groups in total. The Hall–Kier alpha value is -0.900. The van der Waals surface area contributed by atoms with Crippen LogP contribution in [0.2, 0.25) is 0 Å². The third-order valence-corrected chi connectivity index (χ3v) is 3.29. The maximum absolute atomic E-state index is 4.37. The van der Waals surface area contributed by atoms with Crippen molar-refractivity contribution in [2.24, 2.45) is 4.99 Å². The van der Waals surface area contributed by atoms with Gasteiger partial charge in [-0.05, 0) is 38.3 Å². The van der Waals surface area contributed by atoms with Crippen molar-refractivity contribution in [3.05, 3.63) is 24.0 Å². The maximum Gasteiger partial charge on any atom is 0.162 e. The number of nitrogens with one attached hydrogen (secondary N) is 1. The van der Waals surface area contributed by atoms with Gasteiger partial charge < -0.3 is 10.2 Å². The van der Waals surface area contributed by atoms with Crippen LogP contribution in [0.1, 0.15) is 20.3 Å². The summed E-state index contributed by atoms with van der Waals surface area (Å²) in [6.07, 6.45) is 9.74. The summed E-state index contributed by atoms with van der Waals surface area (Å²) in [6.45, 7) is 4.42. The lowest BCUT2D eigenvalue weighted by Crippen LogP contribution is -2.51. The Bertz CT molecular complexity index is 331. The zero-order chi connectivity index (χ0) is 10.8. The van der Waals surface area contributed by atoms with Crippen molar-refractivity contribution in [3.63, 3.8) is 0 Å². The van der Waals surface area contributed by atoms with Gasteiger partial charge in [0.1, 0.15) is 6.17 Å². The van der Waals surface area contributed by atoms with Crippen molar-refractivity contribution in [2.45, 2.75) is 32.5 Å². The molecular weight excluding hydrogens is 206 g/mol. The molecule has 0 saturated carbocycles. The van der Waals surface area contributed by atoms with Crippen molar-refractivity contribution in [2.75, 3.05) is 6.26 Å². The highest BCUT2D eigenvalue weighted by atomic mass is 32.2. The molecule has 2 aliphatic heterocycles. The van der Waals surface area contributed by atoms with Crippen molar-refractivity contribution in [3.8, 4) is 0 Å². The average Bonchev–Trinajstić information content (AvgIpc) is 2.27. The SMILES string of the molecule is CSC1=NC=C2CC=CN(C(C)C)C2N1. The van der Waals surface area contributed by atoms with Crippen LogP contribution in [0.15, 0.2) is 29.0 Å². The molecule has 2 heterocycles. The van der Waals surface area contributed by atoms with Crippen LogP contribution in [0.5, 0.6) is 0 Å². The topological polar surface area (TPSA) is 27.6 Å². The molecule has 0 aromatic rings. The molecule has 0 aromatic carbocycles. The number of aliphatic imine (C=N–C) groups is 1. The van der Waals surface area contributed by atoms with E-state index in [1.165, 1.54) is 5.57 Å². The molecule has 0 radical (unpaired) electrons. The number of rotatable bonds is 1. The second-order valence-corrected chi connectivity index (χ2v) is 4.81. The summed E-state index contributed by atoms with van der Waals surface area (Å²) in [5, 5.41) is 4.46. The third kappa shape index (κ3) is 2.04. The van der Waals surface area contributed by atoms with Gasteiger partial charge in [-0.2, -0.15) is 0 Å². The van der Waals surface area contributed by atoms with Gasteiger partial charge in [-0.15, -0.1) is 0 Å². The van der Waals surface area contributed by atoms with E-state index < -0.39 is 0 Å². The Morgan fingerprint density at radius 2 is 2.40 bits per heavy atom. The molecule has 1 unspecified atom stereocenters. The molecule has 2 aliphatic rings. The van der Waals surface area contributed by atoms with Crippen LogP contribution in [0, 0.1) is 0 Å². The van der Waals surface area contributed by atoms with E-state index in [2.05, 4.69) is 41.3 Å². The van der Waals surface area contributed by atoms with Gasteiger partial charge in [-0.1, -0.05) is 17.8 Å². The summed E-state index contributed by atoms with van der Waals surface area (Å²) in [5.41, 5.74) is 1.35. The van der Waals surface area contributed by atoms with E-state index in [0.717, 1.165) is 11.6 Å². The van der Waals surface area contributed by atoms with E-state index in [9.17, 15) is 0 Å². The minimum absolute atomic E-state index is 0.301. The quantitative estimate of drug-likeness (QED) is 0.738.